The van der Waals surface area contributed by atoms with Gasteiger partial charge in [-0.05, 0) is 76.2 Å². The molecule has 1 unspecified atom stereocenters. The van der Waals surface area contributed by atoms with Crippen molar-refractivity contribution in [1.82, 2.24) is 15.5 Å². The lowest BCUT2D eigenvalue weighted by atomic mass is 9.82. The molecule has 1 aliphatic heterocycles. The number of likely N-dealkylation sites (N-methyl/N-ethyl adjacent to an activating group) is 1. The highest BCUT2D eigenvalue weighted by molar-refractivity contribution is 6.03. The number of carbonyl (C=O) groups is 3. The summed E-state index contributed by atoms with van der Waals surface area (Å²) in [5, 5.41) is 15.9. The van der Waals surface area contributed by atoms with E-state index in [2.05, 4.69) is 33.4 Å². The molecule has 11 heteroatoms. The van der Waals surface area contributed by atoms with E-state index in [1.807, 2.05) is 63.4 Å². The van der Waals surface area contributed by atoms with E-state index in [1.54, 1.807) is 12.1 Å². The SMILES string of the molecule is CN(C)c1ccc2c(c1)OC1=CC(C)(N(C)C)C=CC1=C2c1ccc(C(=O)NCCCCCNC(=O)CON)cc1C(=O)O. The molecule has 2 aromatic rings. The molecule has 1 aliphatic carbocycles. The number of benzene rings is 2. The number of allylic oxidation sites excluding steroid dienone is 1. The highest BCUT2D eigenvalue weighted by Gasteiger charge is 2.34. The normalized spacial score (nSPS) is 16.9. The Balaban J connectivity index is 1.61. The Morgan fingerprint density at radius 3 is 2.34 bits per heavy atom. The van der Waals surface area contributed by atoms with E-state index >= 15 is 0 Å². The fourth-order valence-corrected chi connectivity index (χ4v) is 5.09. The summed E-state index contributed by atoms with van der Waals surface area (Å²) in [6, 6.07) is 10.7. The van der Waals surface area contributed by atoms with Gasteiger partial charge in [-0.2, -0.15) is 0 Å². The lowest BCUT2D eigenvalue weighted by Gasteiger charge is -2.36. The van der Waals surface area contributed by atoms with Crippen molar-refractivity contribution in [3.63, 3.8) is 0 Å². The van der Waals surface area contributed by atoms with Crippen LogP contribution >= 0.6 is 0 Å². The third kappa shape index (κ3) is 7.19. The Bertz CT molecular complexity index is 1530. The predicted molar refractivity (Wildman–Crippen MR) is 169 cm³/mol. The van der Waals surface area contributed by atoms with Gasteiger partial charge in [0, 0.05) is 61.2 Å². The molecular formula is C33H41N5O6. The van der Waals surface area contributed by atoms with Gasteiger partial charge >= 0.3 is 5.97 Å². The van der Waals surface area contributed by atoms with Gasteiger partial charge in [0.05, 0.1) is 11.1 Å². The van der Waals surface area contributed by atoms with Crippen LogP contribution in [0.25, 0.3) is 5.57 Å². The lowest BCUT2D eigenvalue weighted by Crippen LogP contribution is -2.39. The van der Waals surface area contributed by atoms with Crippen molar-refractivity contribution in [3.8, 4) is 5.75 Å². The molecule has 5 N–H and O–H groups in total. The van der Waals surface area contributed by atoms with Crippen LogP contribution in [0.3, 0.4) is 0 Å². The van der Waals surface area contributed by atoms with Crippen LogP contribution in [-0.4, -0.2) is 81.2 Å². The topological polar surface area (TPSA) is 146 Å². The molecule has 2 aromatic carbocycles. The van der Waals surface area contributed by atoms with Crippen LogP contribution in [0.2, 0.25) is 0 Å². The average molecular weight is 604 g/mol. The van der Waals surface area contributed by atoms with Gasteiger partial charge in [-0.3, -0.25) is 19.3 Å². The molecule has 0 saturated carbocycles. The molecule has 0 saturated heterocycles. The number of fused-ring (bicyclic) bond motifs is 2. The standard InChI is InChI=1S/C33H41N5O6/c1-33(38(4)5)14-13-25-28(19-33)44-27-18-22(37(2)3)10-12-24(27)30(25)23-11-9-21(17-26(23)32(41)42)31(40)36-16-8-6-7-15-35-29(39)20-43-34/h9-14,17-19H,6-8,15-16,20,34H2,1-5H3,(H,35,39)(H,36,40)(H,41,42). The molecule has 2 amide bonds. The van der Waals surface area contributed by atoms with Crippen LogP contribution in [0.1, 0.15) is 58.0 Å². The minimum Gasteiger partial charge on any atom is -0.478 e. The van der Waals surface area contributed by atoms with Crippen molar-refractivity contribution >= 4 is 29.0 Å². The Morgan fingerprint density at radius 2 is 1.68 bits per heavy atom. The number of carboxylic acid groups (broad SMARTS) is 1. The van der Waals surface area contributed by atoms with Gasteiger partial charge in [0.25, 0.3) is 5.91 Å². The van der Waals surface area contributed by atoms with Gasteiger partial charge < -0.3 is 25.4 Å². The van der Waals surface area contributed by atoms with E-state index in [0.29, 0.717) is 36.6 Å². The second kappa shape index (κ2) is 13.9. The van der Waals surface area contributed by atoms with E-state index in [9.17, 15) is 19.5 Å². The minimum absolute atomic E-state index is 0.0237. The van der Waals surface area contributed by atoms with Gasteiger partial charge in [-0.25, -0.2) is 10.7 Å². The number of carbonyl (C=O) groups excluding carboxylic acids is 2. The van der Waals surface area contributed by atoms with E-state index in [-0.39, 0.29) is 29.5 Å². The molecule has 0 radical (unpaired) electrons. The zero-order chi connectivity index (χ0) is 32.0. The summed E-state index contributed by atoms with van der Waals surface area (Å²) in [5.74, 6) is 4.38. The second-order valence-electron chi connectivity index (χ2n) is 11.5. The van der Waals surface area contributed by atoms with Gasteiger partial charge in [0.2, 0.25) is 5.91 Å². The maximum absolute atomic E-state index is 13.0. The summed E-state index contributed by atoms with van der Waals surface area (Å²) in [6.07, 6.45) is 8.32. The molecule has 11 nitrogen and oxygen atoms in total. The minimum atomic E-state index is -1.13. The number of ether oxygens (including phenoxy) is 1. The van der Waals surface area contributed by atoms with Gasteiger partial charge in [0.1, 0.15) is 18.1 Å². The first kappa shape index (κ1) is 32.5. The number of hydrogen-bond donors (Lipinski definition) is 4. The van der Waals surface area contributed by atoms with Crippen molar-refractivity contribution in [2.75, 3.05) is 52.8 Å². The van der Waals surface area contributed by atoms with Crippen molar-refractivity contribution in [3.05, 3.63) is 88.2 Å². The molecule has 0 fully saturated rings. The van der Waals surface area contributed by atoms with Crippen molar-refractivity contribution in [2.24, 2.45) is 5.90 Å². The largest absolute Gasteiger partial charge is 0.478 e. The second-order valence-corrected chi connectivity index (χ2v) is 11.5. The number of rotatable bonds is 13. The highest BCUT2D eigenvalue weighted by atomic mass is 16.6. The molecule has 4 rings (SSSR count). The Labute approximate surface area is 257 Å². The fraction of sp³-hybridized carbons (Fsp3) is 0.364. The van der Waals surface area contributed by atoms with Gasteiger partial charge in [-0.15, -0.1) is 0 Å². The van der Waals surface area contributed by atoms with E-state index in [0.717, 1.165) is 35.2 Å². The zero-order valence-corrected chi connectivity index (χ0v) is 25.9. The highest BCUT2D eigenvalue weighted by Crippen LogP contribution is 2.46. The average Bonchev–Trinajstić information content (AvgIpc) is 2.98. The number of carboxylic acids is 1. The zero-order valence-electron chi connectivity index (χ0n) is 25.9. The predicted octanol–water partition coefficient (Wildman–Crippen LogP) is 3.33. The molecule has 0 aromatic heterocycles. The van der Waals surface area contributed by atoms with Crippen LogP contribution < -0.4 is 26.2 Å². The number of amides is 2. The summed E-state index contributed by atoms with van der Waals surface area (Å²) in [4.78, 5) is 45.3. The lowest BCUT2D eigenvalue weighted by molar-refractivity contribution is -0.125. The van der Waals surface area contributed by atoms with Gasteiger partial charge in [-0.1, -0.05) is 18.2 Å². The summed E-state index contributed by atoms with van der Waals surface area (Å²) < 4.78 is 6.44. The van der Waals surface area contributed by atoms with Crippen LogP contribution in [0.4, 0.5) is 5.69 Å². The molecule has 1 heterocycles. The first-order valence-electron chi connectivity index (χ1n) is 14.5. The van der Waals surface area contributed by atoms with E-state index in [4.69, 9.17) is 10.6 Å². The Morgan fingerprint density at radius 1 is 0.977 bits per heavy atom. The maximum atomic E-state index is 13.0. The first-order chi connectivity index (χ1) is 20.9. The van der Waals surface area contributed by atoms with Crippen LogP contribution in [0.5, 0.6) is 5.75 Å². The molecule has 1 atom stereocenters. The molecule has 234 valence electrons. The number of unbranched alkanes of at least 4 members (excludes halogenated alkanes) is 2. The number of nitrogens with one attached hydrogen (secondary N) is 2. The molecule has 2 aliphatic rings. The summed E-state index contributed by atoms with van der Waals surface area (Å²) in [5.41, 5.74) is 3.61. The molecule has 44 heavy (non-hydrogen) atoms. The Hall–Kier alpha value is -4.45. The number of nitrogens with two attached hydrogens (primary N) is 1. The van der Waals surface area contributed by atoms with Crippen molar-refractivity contribution in [1.29, 1.82) is 0 Å². The Kier molecular flexibility index (Phi) is 10.3. The van der Waals surface area contributed by atoms with Crippen molar-refractivity contribution < 1.29 is 29.1 Å². The van der Waals surface area contributed by atoms with E-state index in [1.165, 1.54) is 6.07 Å². The van der Waals surface area contributed by atoms with Crippen LogP contribution in [0.15, 0.2) is 66.0 Å². The maximum Gasteiger partial charge on any atom is 0.336 e. The molecular weight excluding hydrogens is 562 g/mol. The smallest absolute Gasteiger partial charge is 0.336 e. The van der Waals surface area contributed by atoms with Crippen LogP contribution in [-0.2, 0) is 9.63 Å². The van der Waals surface area contributed by atoms with Crippen molar-refractivity contribution in [2.45, 2.75) is 31.7 Å². The summed E-state index contributed by atoms with van der Waals surface area (Å²) in [6.45, 7) is 2.80. The molecule has 0 bridgehead atoms. The quantitative estimate of drug-likeness (QED) is 0.200. The molecule has 0 spiro atoms. The number of hydrogen-bond acceptors (Lipinski definition) is 8. The number of aromatic carboxylic acids is 1. The fourth-order valence-electron chi connectivity index (χ4n) is 5.09. The summed E-state index contributed by atoms with van der Waals surface area (Å²) in [7, 11) is 7.88. The van der Waals surface area contributed by atoms with E-state index < -0.39 is 11.5 Å². The third-order valence-electron chi connectivity index (χ3n) is 7.94. The monoisotopic (exact) mass is 603 g/mol. The third-order valence-corrected chi connectivity index (χ3v) is 7.94. The van der Waals surface area contributed by atoms with Gasteiger partial charge in [0.15, 0.2) is 0 Å². The number of nitrogens with zero attached hydrogens (tertiary/aromatic N) is 2. The number of anilines is 1. The first-order valence-corrected chi connectivity index (χ1v) is 14.5. The summed E-state index contributed by atoms with van der Waals surface area (Å²) >= 11 is 0. The van der Waals surface area contributed by atoms with Crippen LogP contribution in [0, 0.1) is 0 Å².